The first-order chi connectivity index (χ1) is 8.78. The highest BCUT2D eigenvalue weighted by molar-refractivity contribution is 6.19. The average Bonchev–Trinajstić information content (AvgIpc) is 3.15. The molecule has 2 nitrogen and oxygen atoms in total. The fourth-order valence-corrected chi connectivity index (χ4v) is 1.53. The minimum Gasteiger partial charge on any atom is -0.467 e. The highest BCUT2D eigenvalue weighted by Gasteiger charge is 2.21. The first kappa shape index (κ1) is 13.2. The molecule has 1 aliphatic carbocycles. The molecule has 0 aliphatic heterocycles. The Bertz CT molecular complexity index is 461. The number of rotatable bonds is 5. The van der Waals surface area contributed by atoms with Crippen LogP contribution in [-0.2, 0) is 4.74 Å². The lowest BCUT2D eigenvalue weighted by Gasteiger charge is -2.07. The summed E-state index contributed by atoms with van der Waals surface area (Å²) in [6.45, 7) is 0.858. The summed E-state index contributed by atoms with van der Waals surface area (Å²) < 4.78 is 23.9. The molecule has 4 heteroatoms. The Morgan fingerprint density at radius 3 is 2.89 bits per heavy atom. The number of benzene rings is 1. The van der Waals surface area contributed by atoms with Crippen LogP contribution < -0.4 is 4.74 Å². The maximum atomic E-state index is 13.3. The van der Waals surface area contributed by atoms with Gasteiger partial charge in [-0.25, -0.2) is 4.39 Å². The summed E-state index contributed by atoms with van der Waals surface area (Å²) in [5.41, 5.74) is 0.549. The van der Waals surface area contributed by atoms with E-state index in [0.717, 1.165) is 0 Å². The van der Waals surface area contributed by atoms with Crippen molar-refractivity contribution in [2.75, 3.05) is 19.3 Å². The lowest BCUT2D eigenvalue weighted by atomic mass is 10.2. The summed E-state index contributed by atoms with van der Waals surface area (Å²) in [4.78, 5) is 0. The highest BCUT2D eigenvalue weighted by atomic mass is 35.5. The fraction of sp³-hybridized carbons (Fsp3) is 0.429. The molecule has 1 fully saturated rings. The van der Waals surface area contributed by atoms with E-state index in [1.165, 1.54) is 25.0 Å². The van der Waals surface area contributed by atoms with Gasteiger partial charge in [-0.2, -0.15) is 0 Å². The second kappa shape index (κ2) is 6.63. The van der Waals surface area contributed by atoms with Crippen LogP contribution in [0, 0.1) is 23.6 Å². The van der Waals surface area contributed by atoms with Crippen molar-refractivity contribution in [3.63, 3.8) is 0 Å². The van der Waals surface area contributed by atoms with Crippen LogP contribution in [0.1, 0.15) is 18.4 Å². The smallest absolute Gasteiger partial charge is 0.189 e. The van der Waals surface area contributed by atoms with E-state index in [2.05, 4.69) is 11.8 Å². The van der Waals surface area contributed by atoms with Gasteiger partial charge in [0.2, 0.25) is 0 Å². The minimum absolute atomic E-state index is 0.141. The maximum absolute atomic E-state index is 13.3. The Labute approximate surface area is 111 Å². The molecule has 0 saturated heterocycles. The van der Waals surface area contributed by atoms with Crippen molar-refractivity contribution in [2.24, 2.45) is 5.92 Å². The molecule has 18 heavy (non-hydrogen) atoms. The zero-order chi connectivity index (χ0) is 12.8. The van der Waals surface area contributed by atoms with Crippen LogP contribution in [0.4, 0.5) is 4.39 Å². The Balaban J connectivity index is 1.87. The molecular weight excluding hydrogens is 255 g/mol. The van der Waals surface area contributed by atoms with Gasteiger partial charge in [-0.3, -0.25) is 0 Å². The SMILES string of the molecule is Fc1cc(C#CCCl)cc(OCOCC2CC2)c1. The molecule has 0 radical (unpaired) electrons. The zero-order valence-electron chi connectivity index (χ0n) is 9.92. The summed E-state index contributed by atoms with van der Waals surface area (Å²) in [7, 11) is 0. The molecule has 0 bridgehead atoms. The van der Waals surface area contributed by atoms with Crippen molar-refractivity contribution in [1.82, 2.24) is 0 Å². The van der Waals surface area contributed by atoms with Gasteiger partial charge in [0.25, 0.3) is 0 Å². The predicted molar refractivity (Wildman–Crippen MR) is 68.2 cm³/mol. The van der Waals surface area contributed by atoms with Crippen molar-refractivity contribution < 1.29 is 13.9 Å². The molecule has 0 heterocycles. The summed E-state index contributed by atoms with van der Waals surface area (Å²) in [5.74, 6) is 6.37. The van der Waals surface area contributed by atoms with E-state index in [0.29, 0.717) is 23.8 Å². The van der Waals surface area contributed by atoms with E-state index in [1.54, 1.807) is 6.07 Å². The highest BCUT2D eigenvalue weighted by Crippen LogP contribution is 2.28. The minimum atomic E-state index is -0.381. The van der Waals surface area contributed by atoms with Gasteiger partial charge in [-0.1, -0.05) is 11.8 Å². The molecule has 2 rings (SSSR count). The van der Waals surface area contributed by atoms with Gasteiger partial charge in [-0.05, 0) is 30.9 Å². The number of hydrogen-bond acceptors (Lipinski definition) is 2. The fourth-order valence-electron chi connectivity index (χ4n) is 1.46. The number of halogens is 2. The van der Waals surface area contributed by atoms with E-state index in [4.69, 9.17) is 21.1 Å². The molecule has 0 aromatic heterocycles. The molecular formula is C14H14ClFO2. The molecule has 1 aromatic rings. The molecule has 0 atom stereocenters. The molecule has 96 valence electrons. The lowest BCUT2D eigenvalue weighted by molar-refractivity contribution is 0.00983. The summed E-state index contributed by atoms with van der Waals surface area (Å²) in [6, 6.07) is 4.33. The summed E-state index contributed by atoms with van der Waals surface area (Å²) >= 11 is 5.45. The maximum Gasteiger partial charge on any atom is 0.189 e. The normalized spacial score (nSPS) is 13.9. The van der Waals surface area contributed by atoms with Crippen LogP contribution >= 0.6 is 11.6 Å². The van der Waals surface area contributed by atoms with Gasteiger partial charge >= 0.3 is 0 Å². The second-order valence-electron chi connectivity index (χ2n) is 4.19. The van der Waals surface area contributed by atoms with Crippen LogP contribution in [0.3, 0.4) is 0 Å². The van der Waals surface area contributed by atoms with Crippen LogP contribution in [0.15, 0.2) is 18.2 Å². The molecule has 1 saturated carbocycles. The summed E-state index contributed by atoms with van der Waals surface area (Å²) in [5, 5.41) is 0. The van der Waals surface area contributed by atoms with Gasteiger partial charge in [0.15, 0.2) is 6.79 Å². The van der Waals surface area contributed by atoms with Gasteiger partial charge in [0.1, 0.15) is 11.6 Å². The number of alkyl halides is 1. The van der Waals surface area contributed by atoms with Crippen molar-refractivity contribution in [3.8, 4) is 17.6 Å². The van der Waals surface area contributed by atoms with Gasteiger partial charge < -0.3 is 9.47 Å². The largest absolute Gasteiger partial charge is 0.467 e. The molecule has 0 amide bonds. The molecule has 1 aromatic carbocycles. The van der Waals surface area contributed by atoms with Crippen molar-refractivity contribution in [2.45, 2.75) is 12.8 Å². The van der Waals surface area contributed by atoms with Crippen LogP contribution in [0.5, 0.6) is 5.75 Å². The molecule has 0 spiro atoms. The van der Waals surface area contributed by atoms with Crippen LogP contribution in [0.2, 0.25) is 0 Å². The Hall–Kier alpha value is -1.24. The van der Waals surface area contributed by atoms with Gasteiger partial charge in [0.05, 0.1) is 12.5 Å². The van der Waals surface area contributed by atoms with Crippen LogP contribution in [-0.4, -0.2) is 19.3 Å². The van der Waals surface area contributed by atoms with E-state index in [1.807, 2.05) is 0 Å². The van der Waals surface area contributed by atoms with E-state index in [9.17, 15) is 4.39 Å². The third kappa shape index (κ3) is 4.56. The molecule has 0 N–H and O–H groups in total. The Morgan fingerprint density at radius 1 is 1.33 bits per heavy atom. The number of hydrogen-bond donors (Lipinski definition) is 0. The van der Waals surface area contributed by atoms with E-state index >= 15 is 0 Å². The molecule has 0 unspecified atom stereocenters. The number of ether oxygens (including phenoxy) is 2. The topological polar surface area (TPSA) is 18.5 Å². The first-order valence-electron chi connectivity index (χ1n) is 5.84. The van der Waals surface area contributed by atoms with E-state index < -0.39 is 0 Å². The molecule has 1 aliphatic rings. The first-order valence-corrected chi connectivity index (χ1v) is 6.37. The third-order valence-electron chi connectivity index (χ3n) is 2.53. The zero-order valence-corrected chi connectivity index (χ0v) is 10.7. The quantitative estimate of drug-likeness (QED) is 0.353. The predicted octanol–water partition coefficient (Wildman–Crippen LogP) is 3.18. The average molecular weight is 269 g/mol. The van der Waals surface area contributed by atoms with Crippen LogP contribution in [0.25, 0.3) is 0 Å². The second-order valence-corrected chi connectivity index (χ2v) is 4.45. The Morgan fingerprint density at radius 2 is 2.17 bits per heavy atom. The standard InChI is InChI=1S/C14H14ClFO2/c15-5-1-2-12-6-13(16)8-14(7-12)18-10-17-9-11-3-4-11/h6-8,11H,3-5,9-10H2. The van der Waals surface area contributed by atoms with Crippen molar-refractivity contribution in [1.29, 1.82) is 0 Å². The summed E-state index contributed by atoms with van der Waals surface area (Å²) in [6.07, 6.45) is 2.47. The van der Waals surface area contributed by atoms with Gasteiger partial charge in [0, 0.05) is 11.6 Å². The Kier molecular flexibility index (Phi) is 4.86. The van der Waals surface area contributed by atoms with Crippen molar-refractivity contribution >= 4 is 11.6 Å². The van der Waals surface area contributed by atoms with Gasteiger partial charge in [-0.15, -0.1) is 11.6 Å². The van der Waals surface area contributed by atoms with Crippen molar-refractivity contribution in [3.05, 3.63) is 29.6 Å². The monoisotopic (exact) mass is 268 g/mol. The third-order valence-corrected chi connectivity index (χ3v) is 2.66. The lowest BCUT2D eigenvalue weighted by Crippen LogP contribution is -2.05. The van der Waals surface area contributed by atoms with E-state index in [-0.39, 0.29) is 18.5 Å².